The van der Waals surface area contributed by atoms with Gasteiger partial charge in [0, 0.05) is 11.5 Å². The van der Waals surface area contributed by atoms with Crippen LogP contribution in [-0.4, -0.2) is 28.3 Å². The number of phenols is 1. The van der Waals surface area contributed by atoms with Crippen LogP contribution in [0.15, 0.2) is 42.5 Å². The highest BCUT2D eigenvalue weighted by Gasteiger charge is 2.11. The molecule has 1 heterocycles. The summed E-state index contributed by atoms with van der Waals surface area (Å²) in [6.45, 7) is 0. The van der Waals surface area contributed by atoms with Gasteiger partial charge in [0.1, 0.15) is 5.82 Å². The van der Waals surface area contributed by atoms with Crippen molar-refractivity contribution < 1.29 is 24.1 Å². The molecule has 126 valence electrons. The number of pyridine rings is 1. The Morgan fingerprint density at radius 2 is 1.96 bits per heavy atom. The van der Waals surface area contributed by atoms with Crippen molar-refractivity contribution in [3.63, 3.8) is 0 Å². The van der Waals surface area contributed by atoms with Gasteiger partial charge in [0.25, 0.3) is 0 Å². The summed E-state index contributed by atoms with van der Waals surface area (Å²) in [4.78, 5) is 15.7. The van der Waals surface area contributed by atoms with E-state index in [-0.39, 0.29) is 16.8 Å². The van der Waals surface area contributed by atoms with Gasteiger partial charge in [-0.05, 0) is 42.0 Å². The van der Waals surface area contributed by atoms with Crippen LogP contribution in [0.25, 0.3) is 23.1 Å². The molecule has 0 radical (unpaired) electrons. The fourth-order valence-corrected chi connectivity index (χ4v) is 2.46. The summed E-state index contributed by atoms with van der Waals surface area (Å²) in [5.41, 5.74) is 1.42. The Kier molecular flexibility index (Phi) is 4.35. The second kappa shape index (κ2) is 6.60. The van der Waals surface area contributed by atoms with E-state index < -0.39 is 11.8 Å². The van der Waals surface area contributed by atoms with E-state index in [0.29, 0.717) is 16.8 Å². The Morgan fingerprint density at radius 3 is 2.68 bits per heavy atom. The van der Waals surface area contributed by atoms with Gasteiger partial charge < -0.3 is 14.9 Å². The van der Waals surface area contributed by atoms with Crippen LogP contribution in [0.1, 0.15) is 21.6 Å². The van der Waals surface area contributed by atoms with Gasteiger partial charge in [-0.15, -0.1) is 0 Å². The predicted molar refractivity (Wildman–Crippen MR) is 92.2 cm³/mol. The summed E-state index contributed by atoms with van der Waals surface area (Å²) in [5.74, 6) is -1.25. The number of benzene rings is 2. The number of rotatable bonds is 4. The van der Waals surface area contributed by atoms with Crippen molar-refractivity contribution in [3.8, 4) is 11.5 Å². The SMILES string of the molecule is COc1cc(/C=C/c2cc(C(=O)O)c3ccc(F)cc3n2)ccc1O. The van der Waals surface area contributed by atoms with Gasteiger partial charge in [-0.3, -0.25) is 0 Å². The van der Waals surface area contributed by atoms with Gasteiger partial charge >= 0.3 is 5.97 Å². The van der Waals surface area contributed by atoms with Crippen LogP contribution in [0.3, 0.4) is 0 Å². The number of carbonyl (C=O) groups is 1. The molecule has 0 atom stereocenters. The molecule has 0 amide bonds. The lowest BCUT2D eigenvalue weighted by Gasteiger charge is -2.05. The highest BCUT2D eigenvalue weighted by atomic mass is 19.1. The molecule has 0 fully saturated rings. The maximum Gasteiger partial charge on any atom is 0.336 e. The number of carboxylic acid groups (broad SMARTS) is 1. The number of aromatic nitrogens is 1. The minimum atomic E-state index is -1.11. The molecule has 0 spiro atoms. The molecule has 0 aliphatic carbocycles. The molecule has 3 rings (SSSR count). The third-order valence-corrected chi connectivity index (χ3v) is 3.67. The van der Waals surface area contributed by atoms with Crippen molar-refractivity contribution in [1.29, 1.82) is 0 Å². The first kappa shape index (κ1) is 16.4. The van der Waals surface area contributed by atoms with Crippen molar-refractivity contribution in [2.75, 3.05) is 7.11 Å². The van der Waals surface area contributed by atoms with E-state index in [1.807, 2.05) is 0 Å². The number of halogens is 1. The zero-order chi connectivity index (χ0) is 18.0. The van der Waals surface area contributed by atoms with E-state index in [1.54, 1.807) is 24.3 Å². The zero-order valence-corrected chi connectivity index (χ0v) is 13.2. The number of phenolic OH excluding ortho intramolecular Hbond substituents is 1. The van der Waals surface area contributed by atoms with Crippen molar-refractivity contribution in [2.45, 2.75) is 0 Å². The van der Waals surface area contributed by atoms with Gasteiger partial charge in [-0.2, -0.15) is 0 Å². The first-order valence-corrected chi connectivity index (χ1v) is 7.36. The Balaban J connectivity index is 2.05. The molecule has 2 aromatic carbocycles. The first-order valence-electron chi connectivity index (χ1n) is 7.36. The molecule has 3 aromatic rings. The molecule has 0 aliphatic rings. The van der Waals surface area contributed by atoms with Crippen LogP contribution in [0.2, 0.25) is 0 Å². The molecule has 25 heavy (non-hydrogen) atoms. The van der Waals surface area contributed by atoms with Crippen molar-refractivity contribution in [1.82, 2.24) is 4.98 Å². The van der Waals surface area contributed by atoms with E-state index in [9.17, 15) is 19.4 Å². The third-order valence-electron chi connectivity index (χ3n) is 3.67. The lowest BCUT2D eigenvalue weighted by molar-refractivity contribution is 0.0699. The number of nitrogens with zero attached hydrogens (tertiary/aromatic N) is 1. The fourth-order valence-electron chi connectivity index (χ4n) is 2.46. The number of carboxylic acids is 1. The number of hydrogen-bond donors (Lipinski definition) is 2. The lowest BCUT2D eigenvalue weighted by Crippen LogP contribution is -2.00. The van der Waals surface area contributed by atoms with Crippen molar-refractivity contribution in [3.05, 3.63) is 65.1 Å². The largest absolute Gasteiger partial charge is 0.504 e. The molecule has 0 saturated carbocycles. The lowest BCUT2D eigenvalue weighted by atomic mass is 10.1. The van der Waals surface area contributed by atoms with Crippen LogP contribution < -0.4 is 4.74 Å². The summed E-state index contributed by atoms with van der Waals surface area (Å²) in [6, 6.07) is 10.0. The van der Waals surface area contributed by atoms with Crippen molar-refractivity contribution in [2.24, 2.45) is 0 Å². The average Bonchev–Trinajstić information content (AvgIpc) is 2.59. The van der Waals surface area contributed by atoms with Crippen LogP contribution in [0.4, 0.5) is 4.39 Å². The Labute approximate surface area is 142 Å². The summed E-state index contributed by atoms with van der Waals surface area (Å²) in [5, 5.41) is 19.3. The Bertz CT molecular complexity index is 998. The standard InChI is InChI=1S/C19H14FNO4/c1-25-18-8-11(3-7-17(18)22)2-5-13-10-15(19(23)24)14-6-4-12(20)9-16(14)21-13/h2-10,22H,1H3,(H,23,24)/b5-2+. The van der Waals surface area contributed by atoms with E-state index in [2.05, 4.69) is 4.98 Å². The van der Waals surface area contributed by atoms with Gasteiger partial charge in [0.15, 0.2) is 11.5 Å². The second-order valence-electron chi connectivity index (χ2n) is 5.33. The number of hydrogen-bond acceptors (Lipinski definition) is 4. The fraction of sp³-hybridized carbons (Fsp3) is 0.0526. The Hall–Kier alpha value is -3.41. The quantitative estimate of drug-likeness (QED) is 0.752. The molecule has 1 aromatic heterocycles. The van der Waals surface area contributed by atoms with E-state index >= 15 is 0 Å². The first-order chi connectivity index (χ1) is 12.0. The predicted octanol–water partition coefficient (Wildman–Crippen LogP) is 3.96. The molecular formula is C19H14FNO4. The van der Waals surface area contributed by atoms with E-state index in [1.165, 1.54) is 37.4 Å². The normalized spacial score (nSPS) is 11.1. The van der Waals surface area contributed by atoms with Crippen LogP contribution in [0, 0.1) is 5.82 Å². The number of ether oxygens (including phenoxy) is 1. The summed E-state index contributed by atoms with van der Waals surface area (Å²) < 4.78 is 18.5. The molecule has 0 saturated heterocycles. The molecule has 0 bridgehead atoms. The number of aromatic carboxylic acids is 1. The van der Waals surface area contributed by atoms with Crippen molar-refractivity contribution >= 4 is 29.0 Å². The molecular weight excluding hydrogens is 325 g/mol. The smallest absolute Gasteiger partial charge is 0.336 e. The molecule has 6 heteroatoms. The monoisotopic (exact) mass is 339 g/mol. The maximum absolute atomic E-state index is 13.4. The Morgan fingerprint density at radius 1 is 1.16 bits per heavy atom. The maximum atomic E-state index is 13.4. The summed E-state index contributed by atoms with van der Waals surface area (Å²) >= 11 is 0. The van der Waals surface area contributed by atoms with Gasteiger partial charge in [0.05, 0.1) is 23.9 Å². The second-order valence-corrected chi connectivity index (χ2v) is 5.33. The topological polar surface area (TPSA) is 79.7 Å². The molecule has 2 N–H and O–H groups in total. The van der Waals surface area contributed by atoms with Crippen LogP contribution in [-0.2, 0) is 0 Å². The number of aromatic hydroxyl groups is 1. The van der Waals surface area contributed by atoms with E-state index in [4.69, 9.17) is 4.74 Å². The van der Waals surface area contributed by atoms with Gasteiger partial charge in [-0.25, -0.2) is 14.2 Å². The van der Waals surface area contributed by atoms with E-state index in [0.717, 1.165) is 5.56 Å². The minimum absolute atomic E-state index is 0.0205. The van der Waals surface area contributed by atoms with Crippen LogP contribution >= 0.6 is 0 Å². The van der Waals surface area contributed by atoms with Gasteiger partial charge in [0.2, 0.25) is 0 Å². The summed E-state index contributed by atoms with van der Waals surface area (Å²) in [7, 11) is 1.45. The highest BCUT2D eigenvalue weighted by Crippen LogP contribution is 2.27. The molecule has 0 unspecified atom stereocenters. The minimum Gasteiger partial charge on any atom is -0.504 e. The molecule has 5 nitrogen and oxygen atoms in total. The van der Waals surface area contributed by atoms with Gasteiger partial charge in [-0.1, -0.05) is 12.1 Å². The molecule has 0 aliphatic heterocycles. The third kappa shape index (κ3) is 3.42. The zero-order valence-electron chi connectivity index (χ0n) is 13.2. The highest BCUT2D eigenvalue weighted by molar-refractivity contribution is 6.03. The summed E-state index contributed by atoms with van der Waals surface area (Å²) in [6.07, 6.45) is 3.31. The number of methoxy groups -OCH3 is 1. The average molecular weight is 339 g/mol. The number of fused-ring (bicyclic) bond motifs is 1. The van der Waals surface area contributed by atoms with Crippen LogP contribution in [0.5, 0.6) is 11.5 Å².